The molecular formula is C16H12N2O2S. The van der Waals surface area contributed by atoms with Crippen molar-refractivity contribution in [2.75, 3.05) is 0 Å². The molecule has 104 valence electrons. The zero-order chi connectivity index (χ0) is 14.7. The molecule has 0 saturated heterocycles. The fourth-order valence-corrected chi connectivity index (χ4v) is 2.61. The monoisotopic (exact) mass is 296 g/mol. The van der Waals surface area contributed by atoms with E-state index in [1.54, 1.807) is 23.8 Å². The van der Waals surface area contributed by atoms with E-state index in [4.69, 9.17) is 4.74 Å². The minimum atomic E-state index is -0.444. The molecule has 0 aliphatic rings. The van der Waals surface area contributed by atoms with E-state index in [1.165, 1.54) is 11.3 Å². The average Bonchev–Trinajstić information content (AvgIpc) is 3.00. The fraction of sp³-hybridized carbons (Fsp3) is 0.0625. The van der Waals surface area contributed by atoms with E-state index in [0.717, 1.165) is 16.1 Å². The van der Waals surface area contributed by atoms with Gasteiger partial charge >= 0.3 is 5.97 Å². The number of hydrogen-bond acceptors (Lipinski definition) is 5. The molecule has 2 heterocycles. The molecule has 3 rings (SSSR count). The van der Waals surface area contributed by atoms with E-state index in [0.29, 0.717) is 11.4 Å². The summed E-state index contributed by atoms with van der Waals surface area (Å²) in [6, 6.07) is 11.1. The van der Waals surface area contributed by atoms with Crippen molar-refractivity contribution in [2.45, 2.75) is 6.92 Å². The van der Waals surface area contributed by atoms with Gasteiger partial charge in [0.05, 0.1) is 0 Å². The number of esters is 1. The van der Waals surface area contributed by atoms with Gasteiger partial charge in [-0.3, -0.25) is 4.98 Å². The smallest absolute Gasteiger partial charge is 0.363 e. The second-order valence-electron chi connectivity index (χ2n) is 4.43. The van der Waals surface area contributed by atoms with Crippen LogP contribution in [0.2, 0.25) is 0 Å². The first kappa shape index (κ1) is 13.5. The van der Waals surface area contributed by atoms with Crippen LogP contribution in [0, 0.1) is 6.92 Å². The molecule has 0 atom stereocenters. The van der Waals surface area contributed by atoms with Crippen LogP contribution in [0.5, 0.6) is 5.75 Å². The predicted octanol–water partition coefficient (Wildman–Crippen LogP) is 3.73. The normalized spacial score (nSPS) is 10.3. The highest BCUT2D eigenvalue weighted by Gasteiger charge is 2.14. The Hall–Kier alpha value is -2.53. The summed E-state index contributed by atoms with van der Waals surface area (Å²) in [5.74, 6) is 0.113. The standard InChI is InChI=1S/C16H12N2O2S/c1-11-4-2-3-5-14(11)20-16(19)13-10-21-15(18-13)12-6-8-17-9-7-12/h2-10H,1H3. The van der Waals surface area contributed by atoms with Crippen molar-refractivity contribution < 1.29 is 9.53 Å². The van der Waals surface area contributed by atoms with Gasteiger partial charge in [-0.2, -0.15) is 0 Å². The minimum Gasteiger partial charge on any atom is -0.422 e. The maximum absolute atomic E-state index is 12.1. The highest BCUT2D eigenvalue weighted by molar-refractivity contribution is 7.13. The van der Waals surface area contributed by atoms with Gasteiger partial charge in [0.15, 0.2) is 5.69 Å². The van der Waals surface area contributed by atoms with Crippen molar-refractivity contribution in [2.24, 2.45) is 0 Å². The molecule has 0 unspecified atom stereocenters. The Labute approximate surface area is 126 Å². The molecule has 3 aromatic rings. The van der Waals surface area contributed by atoms with E-state index in [9.17, 15) is 4.79 Å². The lowest BCUT2D eigenvalue weighted by molar-refractivity contribution is 0.0728. The van der Waals surface area contributed by atoms with E-state index in [-0.39, 0.29) is 0 Å². The summed E-state index contributed by atoms with van der Waals surface area (Å²) in [4.78, 5) is 20.4. The Morgan fingerprint density at radius 3 is 2.67 bits per heavy atom. The highest BCUT2D eigenvalue weighted by Crippen LogP contribution is 2.24. The van der Waals surface area contributed by atoms with Crippen molar-refractivity contribution >= 4 is 17.3 Å². The van der Waals surface area contributed by atoms with Crippen LogP contribution in [0.4, 0.5) is 0 Å². The van der Waals surface area contributed by atoms with Crippen LogP contribution in [0.15, 0.2) is 54.2 Å². The van der Waals surface area contributed by atoms with Gasteiger partial charge in [-0.1, -0.05) is 18.2 Å². The lowest BCUT2D eigenvalue weighted by Gasteiger charge is -2.04. The van der Waals surface area contributed by atoms with Gasteiger partial charge in [0, 0.05) is 23.3 Å². The number of carbonyl (C=O) groups excluding carboxylic acids is 1. The van der Waals surface area contributed by atoms with Gasteiger partial charge in [-0.05, 0) is 30.7 Å². The Morgan fingerprint density at radius 2 is 1.90 bits per heavy atom. The Kier molecular flexibility index (Phi) is 3.75. The number of rotatable bonds is 3. The molecule has 2 aromatic heterocycles. The van der Waals surface area contributed by atoms with E-state index >= 15 is 0 Å². The molecular weight excluding hydrogens is 284 g/mol. The highest BCUT2D eigenvalue weighted by atomic mass is 32.1. The maximum Gasteiger partial charge on any atom is 0.363 e. The number of nitrogens with zero attached hydrogens (tertiary/aromatic N) is 2. The summed E-state index contributed by atoms with van der Waals surface area (Å²) in [5.41, 5.74) is 2.16. The van der Waals surface area contributed by atoms with Crippen LogP contribution in [0.25, 0.3) is 10.6 Å². The molecule has 5 heteroatoms. The third-order valence-electron chi connectivity index (χ3n) is 2.94. The second-order valence-corrected chi connectivity index (χ2v) is 5.29. The molecule has 0 amide bonds. The first-order chi connectivity index (χ1) is 10.2. The molecule has 0 fully saturated rings. The molecule has 0 aliphatic carbocycles. The third kappa shape index (κ3) is 2.98. The zero-order valence-electron chi connectivity index (χ0n) is 11.3. The SMILES string of the molecule is Cc1ccccc1OC(=O)c1csc(-c2ccncc2)n1. The first-order valence-electron chi connectivity index (χ1n) is 6.38. The van der Waals surface area contributed by atoms with Gasteiger partial charge in [-0.15, -0.1) is 11.3 Å². The number of thiazole rings is 1. The van der Waals surface area contributed by atoms with Gasteiger partial charge in [-0.25, -0.2) is 9.78 Å². The first-order valence-corrected chi connectivity index (χ1v) is 7.26. The number of aryl methyl sites for hydroxylation is 1. The maximum atomic E-state index is 12.1. The van der Waals surface area contributed by atoms with Gasteiger partial charge < -0.3 is 4.74 Å². The summed E-state index contributed by atoms with van der Waals surface area (Å²) in [6.07, 6.45) is 3.39. The minimum absolute atomic E-state index is 0.315. The summed E-state index contributed by atoms with van der Waals surface area (Å²) < 4.78 is 5.37. The predicted molar refractivity (Wildman–Crippen MR) is 81.5 cm³/mol. The molecule has 0 N–H and O–H groups in total. The van der Waals surface area contributed by atoms with E-state index < -0.39 is 5.97 Å². The summed E-state index contributed by atoms with van der Waals surface area (Å²) in [6.45, 7) is 1.89. The third-order valence-corrected chi connectivity index (χ3v) is 3.83. The quantitative estimate of drug-likeness (QED) is 0.546. The largest absolute Gasteiger partial charge is 0.422 e. The van der Waals surface area contributed by atoms with E-state index in [2.05, 4.69) is 9.97 Å². The zero-order valence-corrected chi connectivity index (χ0v) is 12.1. The van der Waals surface area contributed by atoms with Gasteiger partial charge in [0.25, 0.3) is 0 Å². The van der Waals surface area contributed by atoms with Crippen LogP contribution in [0.1, 0.15) is 16.1 Å². The summed E-state index contributed by atoms with van der Waals surface area (Å²) in [7, 11) is 0. The molecule has 1 aromatic carbocycles. The van der Waals surface area contributed by atoms with Crippen LogP contribution >= 0.6 is 11.3 Å². The van der Waals surface area contributed by atoms with Crippen molar-refractivity contribution in [3.63, 3.8) is 0 Å². The number of aromatic nitrogens is 2. The summed E-state index contributed by atoms with van der Waals surface area (Å²) in [5, 5.41) is 2.48. The second kappa shape index (κ2) is 5.85. The van der Waals surface area contributed by atoms with Gasteiger partial charge in [0.2, 0.25) is 0 Å². The average molecular weight is 296 g/mol. The van der Waals surface area contributed by atoms with Crippen molar-refractivity contribution in [1.82, 2.24) is 9.97 Å². The molecule has 0 saturated carbocycles. The van der Waals surface area contributed by atoms with Crippen molar-refractivity contribution in [1.29, 1.82) is 0 Å². The lowest BCUT2D eigenvalue weighted by atomic mass is 10.2. The Morgan fingerprint density at radius 1 is 1.14 bits per heavy atom. The van der Waals surface area contributed by atoms with Crippen LogP contribution in [-0.4, -0.2) is 15.9 Å². The van der Waals surface area contributed by atoms with Crippen molar-refractivity contribution in [3.05, 3.63) is 65.4 Å². The lowest BCUT2D eigenvalue weighted by Crippen LogP contribution is -2.09. The molecule has 0 radical (unpaired) electrons. The van der Waals surface area contributed by atoms with E-state index in [1.807, 2.05) is 37.3 Å². The number of hydrogen-bond donors (Lipinski definition) is 0. The number of pyridine rings is 1. The van der Waals surface area contributed by atoms with Gasteiger partial charge in [0.1, 0.15) is 10.8 Å². The fourth-order valence-electron chi connectivity index (χ4n) is 1.82. The number of benzene rings is 1. The Bertz CT molecular complexity index is 769. The topological polar surface area (TPSA) is 52.1 Å². The number of carbonyl (C=O) groups is 1. The number of ether oxygens (including phenoxy) is 1. The molecule has 0 spiro atoms. The number of para-hydroxylation sites is 1. The summed E-state index contributed by atoms with van der Waals surface area (Å²) >= 11 is 1.41. The Balaban J connectivity index is 1.80. The van der Waals surface area contributed by atoms with Crippen molar-refractivity contribution in [3.8, 4) is 16.3 Å². The molecule has 0 aliphatic heterocycles. The van der Waals surface area contributed by atoms with Crippen LogP contribution < -0.4 is 4.74 Å². The van der Waals surface area contributed by atoms with Crippen LogP contribution in [-0.2, 0) is 0 Å². The van der Waals surface area contributed by atoms with Crippen LogP contribution in [0.3, 0.4) is 0 Å². The molecule has 0 bridgehead atoms. The molecule has 4 nitrogen and oxygen atoms in total. The molecule has 21 heavy (non-hydrogen) atoms.